The van der Waals surface area contributed by atoms with Crippen LogP contribution in [0, 0.1) is 5.41 Å². The van der Waals surface area contributed by atoms with Gasteiger partial charge in [-0.2, -0.15) is 13.2 Å². The second kappa shape index (κ2) is 9.75. The Labute approximate surface area is 191 Å². The number of nitrogens with two attached hydrogens (primary N) is 1. The van der Waals surface area contributed by atoms with Gasteiger partial charge in [-0.1, -0.05) is 30.7 Å². The predicted octanol–water partition coefficient (Wildman–Crippen LogP) is 7.13. The van der Waals surface area contributed by atoms with Crippen molar-refractivity contribution in [2.45, 2.75) is 66.8 Å². The first-order valence-electron chi connectivity index (χ1n) is 11.2. The summed E-state index contributed by atoms with van der Waals surface area (Å²) in [6.45, 7) is 0.928. The molecule has 0 aromatic heterocycles. The fraction of sp³-hybridized carbons (Fsp3) is 0.458. The van der Waals surface area contributed by atoms with Crippen LogP contribution in [0.15, 0.2) is 40.1 Å². The van der Waals surface area contributed by atoms with Gasteiger partial charge in [-0.3, -0.25) is 0 Å². The van der Waals surface area contributed by atoms with Crippen LogP contribution in [0.3, 0.4) is 0 Å². The monoisotopic (exact) mass is 462 g/mol. The van der Waals surface area contributed by atoms with Gasteiger partial charge in [0.05, 0.1) is 22.6 Å². The van der Waals surface area contributed by atoms with Crippen molar-refractivity contribution in [3.63, 3.8) is 0 Å². The zero-order valence-corrected chi connectivity index (χ0v) is 18.8. The van der Waals surface area contributed by atoms with Gasteiger partial charge in [0, 0.05) is 22.0 Å². The second-order valence-corrected chi connectivity index (χ2v) is 9.62. The molecule has 2 aliphatic rings. The third kappa shape index (κ3) is 5.23. The summed E-state index contributed by atoms with van der Waals surface area (Å²) in [7, 11) is 0. The van der Waals surface area contributed by atoms with Crippen LogP contribution in [0.4, 0.5) is 30.2 Å². The predicted molar refractivity (Wildman–Crippen MR) is 126 cm³/mol. The highest BCUT2D eigenvalue weighted by Gasteiger charge is 2.33. The van der Waals surface area contributed by atoms with E-state index in [0.29, 0.717) is 60.3 Å². The Morgan fingerprint density at radius 2 is 1.91 bits per heavy atom. The molecule has 2 aromatic rings. The lowest BCUT2D eigenvalue weighted by Crippen LogP contribution is -2.13. The molecular weight excluding hydrogens is 433 g/mol. The minimum atomic E-state index is -4.42. The lowest BCUT2D eigenvalue weighted by Gasteiger charge is -2.26. The topological polar surface area (TPSA) is 73.9 Å². The molecule has 1 fully saturated rings. The zero-order chi connectivity index (χ0) is 22.7. The highest BCUT2D eigenvalue weighted by Crippen LogP contribution is 2.50. The first kappa shape index (κ1) is 23.0. The van der Waals surface area contributed by atoms with E-state index in [-0.39, 0.29) is 0 Å². The largest absolute Gasteiger partial charge is 0.416 e. The van der Waals surface area contributed by atoms with Gasteiger partial charge in [0.25, 0.3) is 0 Å². The van der Waals surface area contributed by atoms with Crippen LogP contribution in [0.5, 0.6) is 0 Å². The Kier molecular flexibility index (Phi) is 7.00. The zero-order valence-electron chi connectivity index (χ0n) is 17.9. The van der Waals surface area contributed by atoms with Crippen molar-refractivity contribution in [1.82, 2.24) is 0 Å². The van der Waals surface area contributed by atoms with Crippen molar-refractivity contribution in [3.05, 3.63) is 41.5 Å². The van der Waals surface area contributed by atoms with Crippen molar-refractivity contribution in [2.75, 3.05) is 23.7 Å². The number of rotatable bonds is 8. The van der Waals surface area contributed by atoms with E-state index in [0.717, 1.165) is 10.6 Å². The molecule has 5 N–H and O–H groups in total. The molecule has 0 atom stereocenters. The molecule has 4 nitrogen and oxygen atoms in total. The van der Waals surface area contributed by atoms with Crippen LogP contribution in [-0.4, -0.2) is 18.8 Å². The molecule has 1 aliphatic heterocycles. The van der Waals surface area contributed by atoms with Gasteiger partial charge in [0.15, 0.2) is 0 Å². The summed E-state index contributed by atoms with van der Waals surface area (Å²) in [5.74, 6) is 0.555. The van der Waals surface area contributed by atoms with Crippen LogP contribution in [0.2, 0.25) is 0 Å². The standard InChI is InChI=1S/C24H29F3N4S/c25-24(26,27)17-13-20(30-11-3-6-18(29)9-10-28)23-22(14-17)32-21-12-16(7-8-19(21)31-23)15-4-1-2-5-15/h7-8,12-15,29-31H,1-6,9-11,28H2. The molecule has 2 aromatic carbocycles. The van der Waals surface area contributed by atoms with Crippen molar-refractivity contribution in [1.29, 1.82) is 5.41 Å². The maximum Gasteiger partial charge on any atom is 0.416 e. The van der Waals surface area contributed by atoms with Crippen LogP contribution >= 0.6 is 11.8 Å². The molecule has 4 rings (SSSR count). The number of alkyl halides is 3. The third-order valence-electron chi connectivity index (χ3n) is 6.16. The Morgan fingerprint density at radius 1 is 1.12 bits per heavy atom. The van der Waals surface area contributed by atoms with Crippen LogP contribution in [0.1, 0.15) is 62.0 Å². The van der Waals surface area contributed by atoms with Crippen LogP contribution in [-0.2, 0) is 6.18 Å². The number of fused-ring (bicyclic) bond motifs is 2. The Balaban J connectivity index is 1.56. The minimum absolute atomic E-state index is 0.441. The maximum absolute atomic E-state index is 13.6. The van der Waals surface area contributed by atoms with E-state index in [1.165, 1.54) is 55.1 Å². The third-order valence-corrected chi connectivity index (χ3v) is 7.26. The van der Waals surface area contributed by atoms with Gasteiger partial charge < -0.3 is 21.8 Å². The van der Waals surface area contributed by atoms with Gasteiger partial charge in [-0.15, -0.1) is 0 Å². The smallest absolute Gasteiger partial charge is 0.383 e. The molecule has 0 unspecified atom stereocenters. The summed E-state index contributed by atoms with van der Waals surface area (Å²) in [6, 6.07) is 8.75. The number of halogens is 3. The molecule has 0 bridgehead atoms. The SMILES string of the molecule is N=C(CCN)CCCNc1cc(C(F)(F)F)cc2c1Nc1ccc(C3CCCC3)cc1S2. The van der Waals surface area contributed by atoms with E-state index >= 15 is 0 Å². The number of hydrogen-bond acceptors (Lipinski definition) is 5. The summed E-state index contributed by atoms with van der Waals surface area (Å²) < 4.78 is 40.8. The summed E-state index contributed by atoms with van der Waals surface area (Å²) in [5, 5.41) is 14.4. The molecule has 1 heterocycles. The van der Waals surface area contributed by atoms with Gasteiger partial charge in [-0.25, -0.2) is 0 Å². The molecule has 1 aliphatic carbocycles. The molecule has 0 spiro atoms. The lowest BCUT2D eigenvalue weighted by atomic mass is 9.97. The van der Waals surface area contributed by atoms with Gasteiger partial charge >= 0.3 is 6.18 Å². The lowest BCUT2D eigenvalue weighted by molar-refractivity contribution is -0.137. The molecular formula is C24H29F3N4S. The quantitative estimate of drug-likeness (QED) is 0.212. The van der Waals surface area contributed by atoms with Crippen molar-refractivity contribution < 1.29 is 13.2 Å². The normalized spacial score (nSPS) is 15.8. The summed E-state index contributed by atoms with van der Waals surface area (Å²) in [4.78, 5) is 1.55. The molecule has 32 heavy (non-hydrogen) atoms. The first-order chi connectivity index (χ1) is 15.3. The minimum Gasteiger partial charge on any atom is -0.383 e. The second-order valence-electron chi connectivity index (χ2n) is 8.53. The van der Waals surface area contributed by atoms with E-state index in [9.17, 15) is 13.2 Å². The average Bonchev–Trinajstić information content (AvgIpc) is 3.29. The molecule has 0 amide bonds. The average molecular weight is 463 g/mol. The number of benzene rings is 2. The summed E-state index contributed by atoms with van der Waals surface area (Å²) in [5.41, 5.74) is 8.72. The van der Waals surface area contributed by atoms with Gasteiger partial charge in [-0.05, 0) is 74.4 Å². The fourth-order valence-electron chi connectivity index (χ4n) is 4.44. The van der Waals surface area contributed by atoms with Crippen LogP contribution in [0.25, 0.3) is 0 Å². The van der Waals surface area contributed by atoms with Crippen molar-refractivity contribution in [2.24, 2.45) is 5.73 Å². The molecule has 0 saturated heterocycles. The Hall–Kier alpha value is -2.19. The van der Waals surface area contributed by atoms with Crippen LogP contribution < -0.4 is 16.4 Å². The molecule has 1 saturated carbocycles. The Bertz CT molecular complexity index is 984. The highest BCUT2D eigenvalue weighted by atomic mass is 32.2. The maximum atomic E-state index is 13.6. The summed E-state index contributed by atoms with van der Waals surface area (Å²) >= 11 is 1.40. The van der Waals surface area contributed by atoms with E-state index in [4.69, 9.17) is 11.1 Å². The van der Waals surface area contributed by atoms with Crippen molar-refractivity contribution >= 4 is 34.5 Å². The molecule has 0 radical (unpaired) electrons. The fourth-order valence-corrected chi connectivity index (χ4v) is 5.55. The number of nitrogens with one attached hydrogen (secondary N) is 3. The highest BCUT2D eigenvalue weighted by molar-refractivity contribution is 7.99. The van der Waals surface area contributed by atoms with Gasteiger partial charge in [0.1, 0.15) is 0 Å². The van der Waals surface area contributed by atoms with Crippen molar-refractivity contribution in [3.8, 4) is 0 Å². The summed E-state index contributed by atoms with van der Waals surface area (Å²) in [6.07, 6.45) is 2.24. The van der Waals surface area contributed by atoms with E-state index < -0.39 is 11.7 Å². The van der Waals surface area contributed by atoms with E-state index in [2.05, 4.69) is 28.8 Å². The molecule has 8 heteroatoms. The van der Waals surface area contributed by atoms with Gasteiger partial charge in [0.2, 0.25) is 0 Å². The van der Waals surface area contributed by atoms with E-state index in [1.807, 2.05) is 0 Å². The number of hydrogen-bond donors (Lipinski definition) is 4. The number of anilines is 3. The first-order valence-corrected chi connectivity index (χ1v) is 12.0. The van der Waals surface area contributed by atoms with E-state index in [1.54, 1.807) is 0 Å². The Morgan fingerprint density at radius 3 is 2.62 bits per heavy atom. The molecule has 172 valence electrons.